The van der Waals surface area contributed by atoms with Crippen molar-refractivity contribution in [3.8, 4) is 0 Å². The van der Waals surface area contributed by atoms with Crippen molar-refractivity contribution in [1.29, 1.82) is 0 Å². The highest BCUT2D eigenvalue weighted by Gasteiger charge is 2.33. The normalized spacial score (nSPS) is 10.9. The average molecular weight is 231 g/mol. The van der Waals surface area contributed by atoms with Crippen LogP contribution in [0.5, 0.6) is 0 Å². The molecule has 86 valence electrons. The predicted octanol–water partition coefficient (Wildman–Crippen LogP) is 1.76. The van der Waals surface area contributed by atoms with Gasteiger partial charge in [-0.3, -0.25) is 9.59 Å². The van der Waals surface area contributed by atoms with Gasteiger partial charge in [0.05, 0.1) is 5.56 Å². The van der Waals surface area contributed by atoms with E-state index in [-0.39, 0.29) is 18.4 Å². The van der Waals surface area contributed by atoms with Crippen molar-refractivity contribution in [2.75, 3.05) is 0 Å². The van der Waals surface area contributed by atoms with E-state index >= 15 is 0 Å². The monoisotopic (exact) mass is 231 g/mol. The van der Waals surface area contributed by atoms with Crippen LogP contribution >= 0.6 is 0 Å². The molecule has 0 atom stereocenters. The molecule has 16 heavy (non-hydrogen) atoms. The van der Waals surface area contributed by atoms with Gasteiger partial charge in [-0.1, -0.05) is 12.1 Å². The highest BCUT2D eigenvalue weighted by atomic mass is 19.4. The van der Waals surface area contributed by atoms with Gasteiger partial charge in [0.25, 0.3) is 0 Å². The van der Waals surface area contributed by atoms with E-state index in [0.717, 1.165) is 12.1 Å². The molecule has 1 aromatic carbocycles. The number of carbonyl (C=O) groups is 2. The number of benzene rings is 1. The van der Waals surface area contributed by atoms with Gasteiger partial charge in [0.1, 0.15) is 0 Å². The lowest BCUT2D eigenvalue weighted by molar-refractivity contribution is -0.137. The van der Waals surface area contributed by atoms with Crippen molar-refractivity contribution in [3.05, 3.63) is 34.9 Å². The average Bonchev–Trinajstić information content (AvgIpc) is 2.24. The lowest BCUT2D eigenvalue weighted by Crippen LogP contribution is -2.13. The third-order valence-corrected chi connectivity index (χ3v) is 1.94. The van der Waals surface area contributed by atoms with Gasteiger partial charge < -0.3 is 5.32 Å². The van der Waals surface area contributed by atoms with E-state index in [1.807, 2.05) is 0 Å². The molecule has 1 rings (SSSR count). The molecule has 0 saturated heterocycles. The number of hydrogen-bond acceptors (Lipinski definition) is 2. The van der Waals surface area contributed by atoms with Crippen molar-refractivity contribution < 1.29 is 22.8 Å². The molecule has 0 aliphatic carbocycles. The lowest BCUT2D eigenvalue weighted by atomic mass is 10.0. The van der Waals surface area contributed by atoms with Crippen molar-refractivity contribution in [2.45, 2.75) is 12.7 Å². The minimum atomic E-state index is -4.58. The zero-order valence-corrected chi connectivity index (χ0v) is 8.04. The second-order valence-corrected chi connectivity index (χ2v) is 3.04. The summed E-state index contributed by atoms with van der Waals surface area (Å²) in [6.07, 6.45) is -4.03. The van der Waals surface area contributed by atoms with Crippen LogP contribution in [-0.2, 0) is 17.5 Å². The number of carbonyl (C=O) groups excluding carboxylic acids is 2. The van der Waals surface area contributed by atoms with Gasteiger partial charge in [-0.2, -0.15) is 13.2 Å². The van der Waals surface area contributed by atoms with Gasteiger partial charge in [-0.25, -0.2) is 0 Å². The Kier molecular flexibility index (Phi) is 3.65. The quantitative estimate of drug-likeness (QED) is 0.802. The molecule has 6 heteroatoms. The molecule has 1 N–H and O–H groups in total. The summed E-state index contributed by atoms with van der Waals surface area (Å²) in [7, 11) is 0. The summed E-state index contributed by atoms with van der Waals surface area (Å²) in [6.45, 7) is -0.00822. The van der Waals surface area contributed by atoms with E-state index in [1.54, 1.807) is 0 Å². The number of hydrogen-bond donors (Lipinski definition) is 1. The number of alkyl halides is 3. The molecule has 0 saturated carbocycles. The Balaban J connectivity index is 3.11. The fourth-order valence-corrected chi connectivity index (χ4v) is 1.22. The smallest absolute Gasteiger partial charge is 0.355 e. The van der Waals surface area contributed by atoms with Crippen LogP contribution in [0.1, 0.15) is 21.5 Å². The number of amides is 1. The Morgan fingerprint density at radius 3 is 2.44 bits per heavy atom. The van der Waals surface area contributed by atoms with Gasteiger partial charge >= 0.3 is 6.18 Å². The molecular weight excluding hydrogens is 223 g/mol. The molecule has 3 nitrogen and oxygen atoms in total. The van der Waals surface area contributed by atoms with E-state index in [2.05, 4.69) is 5.32 Å². The van der Waals surface area contributed by atoms with Gasteiger partial charge in [-0.05, 0) is 11.6 Å². The van der Waals surface area contributed by atoms with Crippen LogP contribution in [0, 0.1) is 0 Å². The van der Waals surface area contributed by atoms with Crippen LogP contribution in [0.15, 0.2) is 18.2 Å². The van der Waals surface area contributed by atoms with Gasteiger partial charge in [0.15, 0.2) is 6.29 Å². The zero-order chi connectivity index (χ0) is 12.2. The van der Waals surface area contributed by atoms with Crippen LogP contribution in [0.2, 0.25) is 0 Å². The maximum absolute atomic E-state index is 12.5. The fourth-order valence-electron chi connectivity index (χ4n) is 1.22. The first kappa shape index (κ1) is 12.2. The molecule has 0 heterocycles. The van der Waals surface area contributed by atoms with E-state index in [1.165, 1.54) is 6.07 Å². The SMILES string of the molecule is O=CNCc1ccc(C=O)c(C(F)(F)F)c1. The van der Waals surface area contributed by atoms with Crippen LogP contribution in [0.25, 0.3) is 0 Å². The summed E-state index contributed by atoms with van der Waals surface area (Å²) in [6, 6.07) is 3.29. The lowest BCUT2D eigenvalue weighted by Gasteiger charge is -2.11. The standard InChI is InChI=1S/C10H8F3NO2/c11-10(12,13)9-3-7(4-14-6-16)1-2-8(9)5-15/h1-3,5-6H,4H2,(H,14,16). The topological polar surface area (TPSA) is 46.2 Å². The maximum atomic E-state index is 12.5. The molecule has 1 amide bonds. The number of halogens is 3. The molecule has 0 aromatic heterocycles. The number of nitrogens with one attached hydrogen (secondary N) is 1. The first-order valence-electron chi connectivity index (χ1n) is 4.31. The van der Waals surface area contributed by atoms with Crippen molar-refractivity contribution in [1.82, 2.24) is 5.32 Å². The first-order valence-corrected chi connectivity index (χ1v) is 4.31. The van der Waals surface area contributed by atoms with Crippen molar-refractivity contribution in [2.24, 2.45) is 0 Å². The highest BCUT2D eigenvalue weighted by Crippen LogP contribution is 2.32. The van der Waals surface area contributed by atoms with Crippen LogP contribution in [0.3, 0.4) is 0 Å². The Hall–Kier alpha value is -1.85. The summed E-state index contributed by atoms with van der Waals surface area (Å²) in [5, 5.41) is 2.24. The van der Waals surface area contributed by atoms with Crippen LogP contribution in [-0.4, -0.2) is 12.7 Å². The van der Waals surface area contributed by atoms with Crippen LogP contribution < -0.4 is 5.32 Å². The predicted molar refractivity (Wildman–Crippen MR) is 49.7 cm³/mol. The summed E-state index contributed by atoms with van der Waals surface area (Å²) in [5.74, 6) is 0. The van der Waals surface area contributed by atoms with Gasteiger partial charge in [-0.15, -0.1) is 0 Å². The molecule has 0 aliphatic heterocycles. The Labute approximate surface area is 89.3 Å². The number of aldehydes is 1. The van der Waals surface area contributed by atoms with E-state index in [0.29, 0.717) is 6.41 Å². The minimum absolute atomic E-state index is 0.00822. The summed E-state index contributed by atoms with van der Waals surface area (Å²) < 4.78 is 37.5. The van der Waals surface area contributed by atoms with E-state index in [9.17, 15) is 22.8 Å². The summed E-state index contributed by atoms with van der Waals surface area (Å²) in [5.41, 5.74) is -1.12. The highest BCUT2D eigenvalue weighted by molar-refractivity contribution is 5.77. The Morgan fingerprint density at radius 2 is 1.94 bits per heavy atom. The summed E-state index contributed by atoms with van der Waals surface area (Å²) >= 11 is 0. The largest absolute Gasteiger partial charge is 0.417 e. The van der Waals surface area contributed by atoms with E-state index in [4.69, 9.17) is 0 Å². The van der Waals surface area contributed by atoms with Crippen molar-refractivity contribution >= 4 is 12.7 Å². The van der Waals surface area contributed by atoms with Crippen LogP contribution in [0.4, 0.5) is 13.2 Å². The molecule has 0 bridgehead atoms. The Bertz CT molecular complexity index is 402. The fraction of sp³-hybridized carbons (Fsp3) is 0.200. The molecule has 0 unspecified atom stereocenters. The second kappa shape index (κ2) is 4.78. The minimum Gasteiger partial charge on any atom is -0.355 e. The summed E-state index contributed by atoms with van der Waals surface area (Å²) in [4.78, 5) is 20.4. The van der Waals surface area contributed by atoms with Gasteiger partial charge in [0, 0.05) is 12.1 Å². The molecule has 0 spiro atoms. The van der Waals surface area contributed by atoms with Gasteiger partial charge in [0.2, 0.25) is 6.41 Å². The second-order valence-electron chi connectivity index (χ2n) is 3.04. The zero-order valence-electron chi connectivity index (χ0n) is 8.04. The molecular formula is C10H8F3NO2. The third-order valence-electron chi connectivity index (χ3n) is 1.94. The first-order chi connectivity index (χ1) is 7.49. The Morgan fingerprint density at radius 1 is 1.25 bits per heavy atom. The molecule has 0 aliphatic rings. The van der Waals surface area contributed by atoms with Crippen molar-refractivity contribution in [3.63, 3.8) is 0 Å². The third kappa shape index (κ3) is 2.82. The van der Waals surface area contributed by atoms with E-state index < -0.39 is 17.3 Å². The molecule has 1 aromatic rings. The molecule has 0 fully saturated rings. The number of rotatable bonds is 4. The molecule has 0 radical (unpaired) electrons. The maximum Gasteiger partial charge on any atom is 0.417 e.